The highest BCUT2D eigenvalue weighted by Crippen LogP contribution is 2.36. The molecule has 1 atom stereocenters. The lowest BCUT2D eigenvalue weighted by molar-refractivity contribution is -0.385. The Hall–Kier alpha value is -3.58. The Morgan fingerprint density at radius 1 is 1.05 bits per heavy atom. The molecule has 1 N–H and O–H groups in total. The lowest BCUT2D eigenvalue weighted by Gasteiger charge is -2.33. The topological polar surface area (TPSA) is 139 Å². The van der Waals surface area contributed by atoms with Crippen molar-refractivity contribution in [1.29, 1.82) is 0 Å². The van der Waals surface area contributed by atoms with Gasteiger partial charge >= 0.3 is 0 Å². The van der Waals surface area contributed by atoms with E-state index in [1.165, 1.54) is 49.3 Å². The Morgan fingerprint density at radius 2 is 1.70 bits per heavy atom. The summed E-state index contributed by atoms with van der Waals surface area (Å²) in [6, 6.07) is 11.4. The number of hydrogen-bond acceptors (Lipinski definition) is 7. The number of carbonyl (C=O) groups excluding carboxylic acids is 2. The van der Waals surface area contributed by atoms with Crippen LogP contribution in [0.3, 0.4) is 0 Å². The third-order valence-electron chi connectivity index (χ3n) is 6.78. The van der Waals surface area contributed by atoms with Gasteiger partial charge < -0.3 is 15.0 Å². The fraction of sp³-hybridized carbons (Fsp3) is 0.310. The first kappa shape index (κ1) is 34.9. The summed E-state index contributed by atoms with van der Waals surface area (Å²) in [6.45, 7) is 4.13. The van der Waals surface area contributed by atoms with Crippen LogP contribution in [0.15, 0.2) is 59.5 Å². The molecule has 0 aliphatic carbocycles. The second kappa shape index (κ2) is 14.9. The Labute approximate surface area is 270 Å². The van der Waals surface area contributed by atoms with E-state index in [-0.39, 0.29) is 51.6 Å². The van der Waals surface area contributed by atoms with Crippen LogP contribution in [-0.2, 0) is 26.2 Å². The van der Waals surface area contributed by atoms with Gasteiger partial charge in [0.1, 0.15) is 18.3 Å². The van der Waals surface area contributed by atoms with Crippen molar-refractivity contribution in [1.82, 2.24) is 10.2 Å². The zero-order chi connectivity index (χ0) is 32.8. The van der Waals surface area contributed by atoms with Gasteiger partial charge in [-0.25, -0.2) is 8.42 Å². The molecule has 3 aromatic rings. The number of nitro groups is 1. The summed E-state index contributed by atoms with van der Waals surface area (Å²) >= 11 is 19.1. The molecule has 0 saturated carbocycles. The van der Waals surface area contributed by atoms with Gasteiger partial charge in [0, 0.05) is 45.4 Å². The second-order valence-electron chi connectivity index (χ2n) is 9.57. The quantitative estimate of drug-likeness (QED) is 0.172. The Bertz CT molecular complexity index is 1650. The fourth-order valence-electron chi connectivity index (χ4n) is 4.51. The molecule has 0 radical (unpaired) electrons. The molecule has 0 aromatic heterocycles. The molecule has 0 aliphatic heterocycles. The van der Waals surface area contributed by atoms with Crippen LogP contribution in [0.25, 0.3) is 0 Å². The highest BCUT2D eigenvalue weighted by molar-refractivity contribution is 7.92. The number of nitro benzene ring substituents is 1. The maximum atomic E-state index is 14.2. The summed E-state index contributed by atoms with van der Waals surface area (Å²) in [5, 5.41) is 15.0. The highest BCUT2D eigenvalue weighted by atomic mass is 35.5. The number of rotatable bonds is 13. The molecule has 0 fully saturated rings. The number of halogens is 3. The molecule has 0 bridgehead atoms. The molecule has 236 valence electrons. The van der Waals surface area contributed by atoms with Crippen LogP contribution in [-0.4, -0.2) is 56.3 Å². The standard InChI is InChI=1S/C29H31Cl3N4O7S/c1-5-24(29(38)33-6-2)34(16-21-22(31)8-7-9-23(21)32)28(37)17-35(26-14-19(30)11-13-27(26)43-4)44(41,42)20-12-10-18(3)25(15-20)36(39)40/h7-15,24H,5-6,16-17H2,1-4H3,(H,33,38)/t24-/m1/s1. The number of aryl methyl sites for hydroxylation is 1. The molecule has 3 rings (SSSR count). The number of likely N-dealkylation sites (N-methyl/N-ethyl adjacent to an activating group) is 1. The number of nitrogens with one attached hydrogen (secondary N) is 1. The molecule has 3 aromatic carbocycles. The van der Waals surface area contributed by atoms with E-state index < -0.39 is 49.9 Å². The van der Waals surface area contributed by atoms with E-state index in [2.05, 4.69) is 5.32 Å². The molecule has 11 nitrogen and oxygen atoms in total. The van der Waals surface area contributed by atoms with Crippen LogP contribution < -0.4 is 14.4 Å². The molecule has 44 heavy (non-hydrogen) atoms. The Morgan fingerprint density at radius 3 is 2.27 bits per heavy atom. The van der Waals surface area contributed by atoms with Crippen LogP contribution in [0.5, 0.6) is 5.75 Å². The van der Waals surface area contributed by atoms with Gasteiger partial charge in [-0.1, -0.05) is 53.9 Å². The number of sulfonamides is 1. The molecule has 0 heterocycles. The van der Waals surface area contributed by atoms with E-state index >= 15 is 0 Å². The maximum Gasteiger partial charge on any atom is 0.273 e. The van der Waals surface area contributed by atoms with E-state index in [1.807, 2.05) is 0 Å². The van der Waals surface area contributed by atoms with Gasteiger partial charge in [0.25, 0.3) is 15.7 Å². The number of ether oxygens (including phenoxy) is 1. The second-order valence-corrected chi connectivity index (χ2v) is 12.7. The molecule has 0 unspecified atom stereocenters. The van der Waals surface area contributed by atoms with Gasteiger partial charge in [0.2, 0.25) is 11.8 Å². The average Bonchev–Trinajstić information content (AvgIpc) is 2.97. The highest BCUT2D eigenvalue weighted by Gasteiger charge is 2.36. The van der Waals surface area contributed by atoms with Crippen LogP contribution in [0.4, 0.5) is 11.4 Å². The van der Waals surface area contributed by atoms with Gasteiger partial charge in [-0.3, -0.25) is 24.0 Å². The molecule has 15 heteroatoms. The summed E-state index contributed by atoms with van der Waals surface area (Å²) in [5.74, 6) is -1.19. The number of anilines is 1. The average molecular weight is 686 g/mol. The third kappa shape index (κ3) is 7.73. The molecule has 0 saturated heterocycles. The van der Waals surface area contributed by atoms with Crippen LogP contribution in [0, 0.1) is 17.0 Å². The minimum absolute atomic E-state index is 0.0591. The molecular formula is C29H31Cl3N4O7S. The number of benzene rings is 3. The van der Waals surface area contributed by atoms with Gasteiger partial charge in [-0.2, -0.15) is 0 Å². The van der Waals surface area contributed by atoms with Crippen molar-refractivity contribution in [3.63, 3.8) is 0 Å². The summed E-state index contributed by atoms with van der Waals surface area (Å²) in [4.78, 5) is 39.1. The van der Waals surface area contributed by atoms with Gasteiger partial charge in [-0.15, -0.1) is 0 Å². The summed E-state index contributed by atoms with van der Waals surface area (Å²) in [5.41, 5.74) is 0.0781. The first-order chi connectivity index (χ1) is 20.8. The zero-order valence-electron chi connectivity index (χ0n) is 24.3. The van der Waals surface area contributed by atoms with Crippen molar-refractivity contribution in [2.24, 2.45) is 0 Å². The fourth-order valence-corrected chi connectivity index (χ4v) is 6.63. The van der Waals surface area contributed by atoms with E-state index in [1.54, 1.807) is 32.0 Å². The van der Waals surface area contributed by atoms with Crippen LogP contribution >= 0.6 is 34.8 Å². The Balaban J connectivity index is 2.23. The van der Waals surface area contributed by atoms with E-state index in [4.69, 9.17) is 39.5 Å². The Kier molecular flexibility index (Phi) is 11.8. The summed E-state index contributed by atoms with van der Waals surface area (Å²) in [7, 11) is -3.36. The number of carbonyl (C=O) groups is 2. The number of amides is 2. The van der Waals surface area contributed by atoms with Crippen LogP contribution in [0.1, 0.15) is 31.4 Å². The van der Waals surface area contributed by atoms with Gasteiger partial charge in [0.05, 0.1) is 22.6 Å². The largest absolute Gasteiger partial charge is 0.495 e. The van der Waals surface area contributed by atoms with Crippen LogP contribution in [0.2, 0.25) is 15.1 Å². The predicted molar refractivity (Wildman–Crippen MR) is 170 cm³/mol. The minimum atomic E-state index is -4.67. The van der Waals surface area contributed by atoms with Crippen molar-refractivity contribution >= 4 is 68.0 Å². The van der Waals surface area contributed by atoms with Crippen molar-refractivity contribution in [2.75, 3.05) is 24.5 Å². The van der Waals surface area contributed by atoms with E-state index in [0.29, 0.717) is 5.56 Å². The molecule has 2 amide bonds. The number of methoxy groups -OCH3 is 1. The first-order valence-corrected chi connectivity index (χ1v) is 16.0. The van der Waals surface area contributed by atoms with Gasteiger partial charge in [0.15, 0.2) is 0 Å². The first-order valence-electron chi connectivity index (χ1n) is 13.4. The third-order valence-corrected chi connectivity index (χ3v) is 9.48. The smallest absolute Gasteiger partial charge is 0.273 e. The van der Waals surface area contributed by atoms with E-state index in [9.17, 15) is 28.1 Å². The van der Waals surface area contributed by atoms with Crippen molar-refractivity contribution in [3.05, 3.63) is 90.9 Å². The SMILES string of the molecule is CCNC(=O)[C@@H](CC)N(Cc1c(Cl)cccc1Cl)C(=O)CN(c1cc(Cl)ccc1OC)S(=O)(=O)c1ccc(C)c([N+](=O)[O-])c1. The summed E-state index contributed by atoms with van der Waals surface area (Å²) < 4.78 is 34.6. The predicted octanol–water partition coefficient (Wildman–Crippen LogP) is 6.01. The monoisotopic (exact) mass is 684 g/mol. The lowest BCUT2D eigenvalue weighted by Crippen LogP contribution is -2.52. The molecule has 0 spiro atoms. The molecular weight excluding hydrogens is 655 g/mol. The number of hydrogen-bond donors (Lipinski definition) is 1. The van der Waals surface area contributed by atoms with Crippen molar-refractivity contribution < 1.29 is 27.7 Å². The van der Waals surface area contributed by atoms with Crippen molar-refractivity contribution in [2.45, 2.75) is 44.7 Å². The maximum absolute atomic E-state index is 14.2. The minimum Gasteiger partial charge on any atom is -0.495 e. The zero-order valence-corrected chi connectivity index (χ0v) is 27.4. The van der Waals surface area contributed by atoms with E-state index in [0.717, 1.165) is 10.4 Å². The number of nitrogens with zero attached hydrogens (tertiary/aromatic N) is 3. The normalized spacial score (nSPS) is 11.9. The molecule has 0 aliphatic rings. The lowest BCUT2D eigenvalue weighted by atomic mass is 10.1. The summed E-state index contributed by atoms with van der Waals surface area (Å²) in [6.07, 6.45) is 0.178. The van der Waals surface area contributed by atoms with Gasteiger partial charge in [-0.05, 0) is 56.7 Å². The van der Waals surface area contributed by atoms with Crippen molar-refractivity contribution in [3.8, 4) is 5.75 Å².